The Hall–Kier alpha value is -1.48. The van der Waals surface area contributed by atoms with Gasteiger partial charge >= 0.3 is 0 Å². The van der Waals surface area contributed by atoms with Crippen LogP contribution in [0.15, 0.2) is 48.0 Å². The molecule has 3 nitrogen and oxygen atoms in total. The van der Waals surface area contributed by atoms with Gasteiger partial charge in [0.25, 0.3) is 0 Å². The average Bonchev–Trinajstić information content (AvgIpc) is 2.45. The first-order valence-electron chi connectivity index (χ1n) is 7.43. The monoisotopic (exact) mass is 290 g/mol. The van der Waals surface area contributed by atoms with Gasteiger partial charge in [0.1, 0.15) is 11.5 Å². The highest BCUT2D eigenvalue weighted by Crippen LogP contribution is 2.42. The third-order valence-corrected chi connectivity index (χ3v) is 4.86. The fraction of sp³-hybridized carbons (Fsp3) is 0.556. The van der Waals surface area contributed by atoms with E-state index < -0.39 is 11.2 Å². The molecule has 0 N–H and O–H groups in total. The zero-order valence-electron chi connectivity index (χ0n) is 13.8. The van der Waals surface area contributed by atoms with Crippen molar-refractivity contribution in [2.24, 2.45) is 11.8 Å². The SMILES string of the molecule is COC1=CC=CC(C)(OC2(C)C=CC=C(OC)C2C)C1C. The average molecular weight is 290 g/mol. The first-order chi connectivity index (χ1) is 9.86. The summed E-state index contributed by atoms with van der Waals surface area (Å²) in [6.45, 7) is 8.48. The van der Waals surface area contributed by atoms with E-state index >= 15 is 0 Å². The van der Waals surface area contributed by atoms with Crippen LogP contribution in [-0.4, -0.2) is 25.4 Å². The normalized spacial score (nSPS) is 38.8. The zero-order valence-corrected chi connectivity index (χ0v) is 13.8. The second-order valence-electron chi connectivity index (χ2n) is 6.18. The lowest BCUT2D eigenvalue weighted by atomic mass is 9.80. The Morgan fingerprint density at radius 1 is 0.810 bits per heavy atom. The molecule has 4 atom stereocenters. The molecule has 0 aliphatic heterocycles. The van der Waals surface area contributed by atoms with Gasteiger partial charge in [-0.2, -0.15) is 0 Å². The predicted molar refractivity (Wildman–Crippen MR) is 84.7 cm³/mol. The van der Waals surface area contributed by atoms with Gasteiger partial charge < -0.3 is 14.2 Å². The second kappa shape index (κ2) is 5.72. The van der Waals surface area contributed by atoms with Crippen molar-refractivity contribution in [3.63, 3.8) is 0 Å². The maximum atomic E-state index is 6.58. The zero-order chi connectivity index (χ0) is 15.7. The fourth-order valence-corrected chi connectivity index (χ4v) is 3.02. The Labute approximate surface area is 128 Å². The molecule has 2 aliphatic rings. The van der Waals surface area contributed by atoms with Crippen LogP contribution in [0, 0.1) is 11.8 Å². The van der Waals surface area contributed by atoms with E-state index in [1.165, 1.54) is 0 Å². The highest BCUT2D eigenvalue weighted by molar-refractivity contribution is 5.28. The molecule has 2 aliphatic carbocycles. The van der Waals surface area contributed by atoms with Crippen LogP contribution in [0.3, 0.4) is 0 Å². The summed E-state index contributed by atoms with van der Waals surface area (Å²) >= 11 is 0. The van der Waals surface area contributed by atoms with Crippen LogP contribution >= 0.6 is 0 Å². The smallest absolute Gasteiger partial charge is 0.101 e. The molecule has 0 aromatic rings. The van der Waals surface area contributed by atoms with Gasteiger partial charge in [0.15, 0.2) is 0 Å². The van der Waals surface area contributed by atoms with Crippen molar-refractivity contribution in [3.05, 3.63) is 48.0 Å². The molecular weight excluding hydrogens is 264 g/mol. The minimum Gasteiger partial charge on any atom is -0.501 e. The third kappa shape index (κ3) is 2.80. The standard InChI is InChI=1S/C18H26O3/c1-13-15(19-5)9-7-11-17(13,3)21-18(4)12-8-10-16(20-6)14(18)2/h7-14H,1-6H3. The van der Waals surface area contributed by atoms with E-state index in [1.807, 2.05) is 24.3 Å². The predicted octanol–water partition coefficient (Wildman–Crippen LogP) is 3.99. The van der Waals surface area contributed by atoms with E-state index in [0.29, 0.717) is 0 Å². The summed E-state index contributed by atoms with van der Waals surface area (Å²) in [6, 6.07) is 0. The molecule has 116 valence electrons. The molecule has 0 fully saturated rings. The van der Waals surface area contributed by atoms with Gasteiger partial charge in [-0.1, -0.05) is 38.2 Å². The van der Waals surface area contributed by atoms with Gasteiger partial charge in [-0.15, -0.1) is 0 Å². The summed E-state index contributed by atoms with van der Waals surface area (Å²) in [5.74, 6) is 2.20. The third-order valence-electron chi connectivity index (χ3n) is 4.86. The molecule has 0 aromatic carbocycles. The first-order valence-corrected chi connectivity index (χ1v) is 7.43. The Kier molecular flexibility index (Phi) is 4.33. The number of methoxy groups -OCH3 is 2. The Balaban J connectivity index is 2.25. The van der Waals surface area contributed by atoms with Gasteiger partial charge in [-0.3, -0.25) is 0 Å². The molecule has 21 heavy (non-hydrogen) atoms. The number of allylic oxidation sites excluding steroid dienone is 4. The van der Waals surface area contributed by atoms with Crippen LogP contribution in [0.4, 0.5) is 0 Å². The lowest BCUT2D eigenvalue weighted by Gasteiger charge is -2.45. The van der Waals surface area contributed by atoms with Gasteiger partial charge in [-0.05, 0) is 26.0 Å². The summed E-state index contributed by atoms with van der Waals surface area (Å²) in [5, 5.41) is 0. The summed E-state index contributed by atoms with van der Waals surface area (Å²) in [5.41, 5.74) is -0.826. The largest absolute Gasteiger partial charge is 0.501 e. The van der Waals surface area contributed by atoms with Crippen molar-refractivity contribution in [1.29, 1.82) is 0 Å². The molecule has 0 aromatic heterocycles. The topological polar surface area (TPSA) is 27.7 Å². The van der Waals surface area contributed by atoms with Crippen LogP contribution in [0.5, 0.6) is 0 Å². The Morgan fingerprint density at radius 2 is 1.19 bits per heavy atom. The summed E-state index contributed by atoms with van der Waals surface area (Å²) in [4.78, 5) is 0. The molecule has 0 heterocycles. The highest BCUT2D eigenvalue weighted by Gasteiger charge is 2.44. The van der Waals surface area contributed by atoms with Crippen molar-refractivity contribution in [1.82, 2.24) is 0 Å². The van der Waals surface area contributed by atoms with Crippen LogP contribution in [-0.2, 0) is 14.2 Å². The van der Waals surface area contributed by atoms with Gasteiger partial charge in [0, 0.05) is 11.8 Å². The van der Waals surface area contributed by atoms with Gasteiger partial charge in [0.2, 0.25) is 0 Å². The van der Waals surface area contributed by atoms with E-state index in [-0.39, 0.29) is 11.8 Å². The first kappa shape index (κ1) is 15.9. The maximum absolute atomic E-state index is 6.58. The second-order valence-corrected chi connectivity index (χ2v) is 6.18. The van der Waals surface area contributed by atoms with Crippen molar-refractivity contribution < 1.29 is 14.2 Å². The molecule has 0 saturated heterocycles. The Morgan fingerprint density at radius 3 is 1.52 bits per heavy atom. The van der Waals surface area contributed by atoms with Crippen LogP contribution < -0.4 is 0 Å². The van der Waals surface area contributed by atoms with E-state index in [9.17, 15) is 0 Å². The lowest BCUT2D eigenvalue weighted by Crippen LogP contribution is -2.48. The number of rotatable bonds is 4. The van der Waals surface area contributed by atoms with Crippen molar-refractivity contribution >= 4 is 0 Å². The van der Waals surface area contributed by atoms with E-state index in [0.717, 1.165) is 11.5 Å². The molecule has 0 amide bonds. The summed E-state index contributed by atoms with van der Waals surface area (Å²) < 4.78 is 17.5. The van der Waals surface area contributed by atoms with E-state index in [2.05, 4.69) is 39.8 Å². The van der Waals surface area contributed by atoms with Crippen LogP contribution in [0.25, 0.3) is 0 Å². The molecule has 0 saturated carbocycles. The molecule has 3 heteroatoms. The summed E-state index contributed by atoms with van der Waals surface area (Å²) in [7, 11) is 3.41. The maximum Gasteiger partial charge on any atom is 0.101 e. The number of ether oxygens (including phenoxy) is 3. The minimum atomic E-state index is -0.413. The van der Waals surface area contributed by atoms with Crippen molar-refractivity contribution in [2.75, 3.05) is 14.2 Å². The lowest BCUT2D eigenvalue weighted by molar-refractivity contribution is -0.137. The van der Waals surface area contributed by atoms with Crippen molar-refractivity contribution in [3.8, 4) is 0 Å². The number of hydrogen-bond donors (Lipinski definition) is 0. The molecule has 0 bridgehead atoms. The molecule has 4 unspecified atom stereocenters. The molecule has 2 rings (SSSR count). The number of hydrogen-bond acceptors (Lipinski definition) is 3. The summed E-state index contributed by atoms with van der Waals surface area (Å²) in [6.07, 6.45) is 12.2. The highest BCUT2D eigenvalue weighted by atomic mass is 16.5. The van der Waals surface area contributed by atoms with Crippen LogP contribution in [0.1, 0.15) is 27.7 Å². The minimum absolute atomic E-state index is 0.154. The van der Waals surface area contributed by atoms with E-state index in [1.54, 1.807) is 14.2 Å². The Bertz CT molecular complexity index is 469. The quantitative estimate of drug-likeness (QED) is 0.783. The van der Waals surface area contributed by atoms with Crippen molar-refractivity contribution in [2.45, 2.75) is 38.9 Å². The fourth-order valence-electron chi connectivity index (χ4n) is 3.02. The van der Waals surface area contributed by atoms with E-state index in [4.69, 9.17) is 14.2 Å². The molecule has 0 spiro atoms. The van der Waals surface area contributed by atoms with Gasteiger partial charge in [-0.25, -0.2) is 0 Å². The molecule has 0 radical (unpaired) electrons. The molecular formula is C18H26O3. The van der Waals surface area contributed by atoms with Crippen LogP contribution in [0.2, 0.25) is 0 Å². The van der Waals surface area contributed by atoms with Gasteiger partial charge in [0.05, 0.1) is 25.4 Å².